The molecule has 0 bridgehead atoms. The summed E-state index contributed by atoms with van der Waals surface area (Å²) in [6.45, 7) is 3.27. The quantitative estimate of drug-likeness (QED) is 0.791. The molecule has 1 aromatic carbocycles. The van der Waals surface area contributed by atoms with Gasteiger partial charge in [0.25, 0.3) is 0 Å². The molecule has 0 saturated carbocycles. The lowest BCUT2D eigenvalue weighted by molar-refractivity contribution is 0.106. The number of aryl methyl sites for hydroxylation is 1. The molecule has 2 rings (SSSR count). The van der Waals surface area contributed by atoms with E-state index in [1.165, 1.54) is 6.26 Å². The first-order chi connectivity index (χ1) is 9.24. The van der Waals surface area contributed by atoms with E-state index in [9.17, 15) is 5.11 Å². The zero-order chi connectivity index (χ0) is 13.5. The molecule has 1 unspecified atom stereocenters. The Hall–Kier alpha value is -1.85. The van der Waals surface area contributed by atoms with E-state index >= 15 is 0 Å². The summed E-state index contributed by atoms with van der Waals surface area (Å²) in [5.74, 6) is 0.774. The van der Waals surface area contributed by atoms with Crippen molar-refractivity contribution in [2.24, 2.45) is 0 Å². The number of nitrogens with one attached hydrogen (secondary N) is 1. The average Bonchev–Trinajstić information content (AvgIpc) is 2.90. The van der Waals surface area contributed by atoms with Crippen LogP contribution in [0.4, 0.5) is 0 Å². The van der Waals surface area contributed by atoms with Crippen LogP contribution in [0.15, 0.2) is 41.1 Å². The van der Waals surface area contributed by atoms with Crippen molar-refractivity contribution < 1.29 is 14.4 Å². The van der Waals surface area contributed by atoms with Gasteiger partial charge in [-0.1, -0.05) is 17.3 Å². The molecule has 1 heterocycles. The number of aromatic nitrogens is 1. The topological polar surface area (TPSA) is 67.5 Å². The van der Waals surface area contributed by atoms with Crippen molar-refractivity contribution in [2.45, 2.75) is 19.6 Å². The summed E-state index contributed by atoms with van der Waals surface area (Å²) in [4.78, 5) is 0. The highest BCUT2D eigenvalue weighted by Crippen LogP contribution is 2.12. The zero-order valence-electron chi connectivity index (χ0n) is 10.9. The highest BCUT2D eigenvalue weighted by Gasteiger charge is 2.05. The molecule has 0 amide bonds. The zero-order valence-corrected chi connectivity index (χ0v) is 10.9. The lowest BCUT2D eigenvalue weighted by Crippen LogP contribution is -2.31. The Morgan fingerprint density at radius 1 is 1.42 bits per heavy atom. The van der Waals surface area contributed by atoms with E-state index in [0.717, 1.165) is 17.0 Å². The lowest BCUT2D eigenvalue weighted by atomic mass is 10.2. The second kappa shape index (κ2) is 6.92. The first-order valence-electron chi connectivity index (χ1n) is 6.21. The minimum Gasteiger partial charge on any atom is -0.491 e. The molecule has 0 aliphatic rings. The van der Waals surface area contributed by atoms with E-state index in [1.807, 2.05) is 31.2 Å². The minimum absolute atomic E-state index is 0.259. The SMILES string of the molecule is Cc1cccc(OCC(O)CNCc2ccon2)c1. The van der Waals surface area contributed by atoms with Gasteiger partial charge in [0.2, 0.25) is 0 Å². The number of rotatable bonds is 7. The third-order valence-electron chi connectivity index (χ3n) is 2.61. The molecule has 1 aromatic heterocycles. The summed E-state index contributed by atoms with van der Waals surface area (Å²) in [5.41, 5.74) is 1.95. The summed E-state index contributed by atoms with van der Waals surface area (Å²) in [5, 5.41) is 16.6. The molecule has 1 atom stereocenters. The van der Waals surface area contributed by atoms with Crippen LogP contribution >= 0.6 is 0 Å². The van der Waals surface area contributed by atoms with Crippen molar-refractivity contribution in [1.82, 2.24) is 10.5 Å². The molecule has 0 fully saturated rings. The van der Waals surface area contributed by atoms with Crippen LogP contribution in [0.2, 0.25) is 0 Å². The van der Waals surface area contributed by atoms with Crippen molar-refractivity contribution in [3.63, 3.8) is 0 Å². The van der Waals surface area contributed by atoms with Crippen LogP contribution in [0.25, 0.3) is 0 Å². The van der Waals surface area contributed by atoms with E-state index in [-0.39, 0.29) is 6.61 Å². The van der Waals surface area contributed by atoms with Crippen LogP contribution in [0.3, 0.4) is 0 Å². The van der Waals surface area contributed by atoms with Crippen LogP contribution in [0.1, 0.15) is 11.3 Å². The summed E-state index contributed by atoms with van der Waals surface area (Å²) in [6.07, 6.45) is 0.960. The molecular formula is C14H18N2O3. The molecule has 0 aliphatic carbocycles. The number of aliphatic hydroxyl groups is 1. The Labute approximate surface area is 112 Å². The van der Waals surface area contributed by atoms with E-state index < -0.39 is 6.10 Å². The number of ether oxygens (including phenoxy) is 1. The Morgan fingerprint density at radius 2 is 2.32 bits per heavy atom. The average molecular weight is 262 g/mol. The van der Waals surface area contributed by atoms with Crippen molar-refractivity contribution in [3.8, 4) is 5.75 Å². The molecule has 2 aromatic rings. The molecule has 19 heavy (non-hydrogen) atoms. The lowest BCUT2D eigenvalue weighted by Gasteiger charge is -2.13. The third kappa shape index (κ3) is 4.73. The monoisotopic (exact) mass is 262 g/mol. The van der Waals surface area contributed by atoms with Crippen molar-refractivity contribution >= 4 is 0 Å². The largest absolute Gasteiger partial charge is 0.491 e. The van der Waals surface area contributed by atoms with Gasteiger partial charge in [0.05, 0.1) is 5.69 Å². The highest BCUT2D eigenvalue weighted by atomic mass is 16.5. The van der Waals surface area contributed by atoms with Crippen molar-refractivity contribution in [3.05, 3.63) is 47.9 Å². The van der Waals surface area contributed by atoms with E-state index in [0.29, 0.717) is 13.1 Å². The third-order valence-corrected chi connectivity index (χ3v) is 2.61. The van der Waals surface area contributed by atoms with Gasteiger partial charge < -0.3 is 19.7 Å². The van der Waals surface area contributed by atoms with Gasteiger partial charge in [0, 0.05) is 19.2 Å². The molecule has 2 N–H and O–H groups in total. The highest BCUT2D eigenvalue weighted by molar-refractivity contribution is 5.27. The van der Waals surface area contributed by atoms with Crippen LogP contribution in [0.5, 0.6) is 5.75 Å². The van der Waals surface area contributed by atoms with Gasteiger partial charge in [-0.3, -0.25) is 0 Å². The van der Waals surface area contributed by atoms with E-state index in [1.54, 1.807) is 6.07 Å². The van der Waals surface area contributed by atoms with Gasteiger partial charge in [-0.15, -0.1) is 0 Å². The summed E-state index contributed by atoms with van der Waals surface area (Å²) < 4.78 is 10.2. The Kier molecular flexibility index (Phi) is 4.94. The second-order valence-electron chi connectivity index (χ2n) is 4.40. The van der Waals surface area contributed by atoms with Gasteiger partial charge in [0.1, 0.15) is 24.7 Å². The van der Waals surface area contributed by atoms with Gasteiger partial charge in [-0.2, -0.15) is 0 Å². The summed E-state index contributed by atoms with van der Waals surface area (Å²) in [7, 11) is 0. The predicted octanol–water partition coefficient (Wildman–Crippen LogP) is 1.51. The number of nitrogens with zero attached hydrogens (tertiary/aromatic N) is 1. The van der Waals surface area contributed by atoms with Crippen LogP contribution in [0, 0.1) is 6.92 Å². The Bertz CT molecular complexity index is 485. The standard InChI is InChI=1S/C14H18N2O3/c1-11-3-2-4-14(7-11)18-10-13(17)9-15-8-12-5-6-19-16-12/h2-7,13,15,17H,8-10H2,1H3. The van der Waals surface area contributed by atoms with E-state index in [2.05, 4.69) is 10.5 Å². The Balaban J connectivity index is 1.65. The van der Waals surface area contributed by atoms with Crippen LogP contribution in [-0.4, -0.2) is 29.5 Å². The number of aliphatic hydroxyl groups excluding tert-OH is 1. The molecule has 0 radical (unpaired) electrons. The maximum Gasteiger partial charge on any atom is 0.124 e. The summed E-state index contributed by atoms with van der Waals surface area (Å²) in [6, 6.07) is 9.53. The predicted molar refractivity (Wildman–Crippen MR) is 70.9 cm³/mol. The minimum atomic E-state index is -0.563. The first kappa shape index (κ1) is 13.6. The van der Waals surface area contributed by atoms with Crippen LogP contribution in [-0.2, 0) is 6.54 Å². The molecule has 102 valence electrons. The number of hydrogen-bond donors (Lipinski definition) is 2. The van der Waals surface area contributed by atoms with Gasteiger partial charge >= 0.3 is 0 Å². The van der Waals surface area contributed by atoms with Crippen molar-refractivity contribution in [2.75, 3.05) is 13.2 Å². The van der Waals surface area contributed by atoms with Crippen LogP contribution < -0.4 is 10.1 Å². The molecule has 5 nitrogen and oxygen atoms in total. The van der Waals surface area contributed by atoms with Gasteiger partial charge in [-0.25, -0.2) is 0 Å². The first-order valence-corrected chi connectivity index (χ1v) is 6.21. The number of benzene rings is 1. The van der Waals surface area contributed by atoms with E-state index in [4.69, 9.17) is 9.26 Å². The molecule has 5 heteroatoms. The molecule has 0 saturated heterocycles. The maximum absolute atomic E-state index is 9.78. The van der Waals surface area contributed by atoms with Crippen molar-refractivity contribution in [1.29, 1.82) is 0 Å². The van der Waals surface area contributed by atoms with Gasteiger partial charge in [0.15, 0.2) is 0 Å². The molecular weight excluding hydrogens is 244 g/mol. The molecule has 0 spiro atoms. The maximum atomic E-state index is 9.78. The fraction of sp³-hybridized carbons (Fsp3) is 0.357. The molecule has 0 aliphatic heterocycles. The summed E-state index contributed by atoms with van der Waals surface area (Å²) >= 11 is 0. The number of hydrogen-bond acceptors (Lipinski definition) is 5. The fourth-order valence-electron chi connectivity index (χ4n) is 1.65. The van der Waals surface area contributed by atoms with Gasteiger partial charge in [-0.05, 0) is 24.6 Å². The normalized spacial score (nSPS) is 12.3. The second-order valence-corrected chi connectivity index (χ2v) is 4.40. The Morgan fingerprint density at radius 3 is 3.05 bits per heavy atom. The smallest absolute Gasteiger partial charge is 0.124 e. The fourth-order valence-corrected chi connectivity index (χ4v) is 1.65.